The van der Waals surface area contributed by atoms with Crippen molar-refractivity contribution in [3.8, 4) is 5.75 Å². The van der Waals surface area contributed by atoms with Crippen LogP contribution in [-0.2, 0) is 11.0 Å². The topological polar surface area (TPSA) is 26.3 Å². The molecule has 0 saturated carbocycles. The molecule has 2 aromatic carbocycles. The minimum absolute atomic E-state index is 0.300. The monoisotopic (exact) mass is 334 g/mol. The van der Waals surface area contributed by atoms with Crippen molar-refractivity contribution >= 4 is 17.6 Å². The molecule has 0 bridgehead atoms. The van der Waals surface area contributed by atoms with E-state index in [9.17, 15) is 18.0 Å². The smallest absolute Gasteiger partial charge is 0.416 e. The molecule has 0 atom stereocenters. The van der Waals surface area contributed by atoms with E-state index in [1.54, 1.807) is 37.3 Å². The van der Waals surface area contributed by atoms with E-state index in [0.717, 1.165) is 23.3 Å². The number of carbonyl (C=O) groups excluding carboxylic acids is 1. The van der Waals surface area contributed by atoms with Gasteiger partial charge < -0.3 is 4.74 Å². The summed E-state index contributed by atoms with van der Waals surface area (Å²) >= 11 is 0. The second kappa shape index (κ2) is 7.34. The molecule has 0 aliphatic heterocycles. The molecule has 2 rings (SSSR count). The molecule has 5 heteroatoms. The number of alkyl halides is 3. The zero-order chi connectivity index (χ0) is 17.7. The van der Waals surface area contributed by atoms with Crippen LogP contribution in [0.15, 0.2) is 48.5 Å². The molecule has 0 unspecified atom stereocenters. The SMILES string of the molecule is CCC(=O)Oc1ccc(/C(C)=C/c2ccc(C(F)(F)F)cc2)cc1. The summed E-state index contributed by atoms with van der Waals surface area (Å²) in [6.07, 6.45) is -2.23. The van der Waals surface area contributed by atoms with E-state index < -0.39 is 11.7 Å². The average molecular weight is 334 g/mol. The Morgan fingerprint density at radius 2 is 1.62 bits per heavy atom. The van der Waals surface area contributed by atoms with Crippen molar-refractivity contribution in [2.24, 2.45) is 0 Å². The average Bonchev–Trinajstić information content (AvgIpc) is 2.55. The first-order valence-electron chi connectivity index (χ1n) is 7.46. The molecule has 0 N–H and O–H groups in total. The van der Waals surface area contributed by atoms with Gasteiger partial charge in [-0.05, 0) is 47.9 Å². The molecule has 0 aliphatic rings. The maximum absolute atomic E-state index is 12.5. The number of hydrogen-bond donors (Lipinski definition) is 0. The highest BCUT2D eigenvalue weighted by Crippen LogP contribution is 2.29. The molecule has 0 fully saturated rings. The Bertz CT molecular complexity index is 727. The summed E-state index contributed by atoms with van der Waals surface area (Å²) in [7, 11) is 0. The van der Waals surface area contributed by atoms with Crippen molar-refractivity contribution in [2.45, 2.75) is 26.4 Å². The molecule has 126 valence electrons. The van der Waals surface area contributed by atoms with E-state index in [2.05, 4.69) is 0 Å². The van der Waals surface area contributed by atoms with Gasteiger partial charge in [0, 0.05) is 6.42 Å². The third-order valence-corrected chi connectivity index (χ3v) is 3.45. The van der Waals surface area contributed by atoms with Crippen LogP contribution >= 0.6 is 0 Å². The van der Waals surface area contributed by atoms with Crippen molar-refractivity contribution in [3.05, 3.63) is 65.2 Å². The number of rotatable bonds is 4. The van der Waals surface area contributed by atoms with Crippen LogP contribution in [0.25, 0.3) is 11.6 Å². The summed E-state index contributed by atoms with van der Waals surface area (Å²) in [4.78, 5) is 11.2. The zero-order valence-electron chi connectivity index (χ0n) is 13.4. The highest BCUT2D eigenvalue weighted by atomic mass is 19.4. The lowest BCUT2D eigenvalue weighted by Gasteiger charge is -2.07. The van der Waals surface area contributed by atoms with Gasteiger partial charge in [-0.3, -0.25) is 4.79 Å². The van der Waals surface area contributed by atoms with E-state index in [4.69, 9.17) is 4.74 Å². The van der Waals surface area contributed by atoms with Gasteiger partial charge in [0.25, 0.3) is 0 Å². The molecule has 24 heavy (non-hydrogen) atoms. The van der Waals surface area contributed by atoms with Crippen molar-refractivity contribution in [3.63, 3.8) is 0 Å². The van der Waals surface area contributed by atoms with E-state index in [1.807, 2.05) is 6.92 Å². The summed E-state index contributed by atoms with van der Waals surface area (Å²) in [5.41, 5.74) is 1.80. The predicted molar refractivity (Wildman–Crippen MR) is 87.4 cm³/mol. The van der Waals surface area contributed by atoms with Gasteiger partial charge in [0.05, 0.1) is 5.56 Å². The lowest BCUT2D eigenvalue weighted by Crippen LogP contribution is -2.05. The van der Waals surface area contributed by atoms with Gasteiger partial charge in [-0.15, -0.1) is 0 Å². The van der Waals surface area contributed by atoms with Gasteiger partial charge >= 0.3 is 12.1 Å². The molecule has 0 amide bonds. The Kier molecular flexibility index (Phi) is 5.44. The number of hydrogen-bond acceptors (Lipinski definition) is 2. The van der Waals surface area contributed by atoms with Crippen LogP contribution in [0.4, 0.5) is 13.2 Å². The number of halogens is 3. The van der Waals surface area contributed by atoms with Gasteiger partial charge in [-0.25, -0.2) is 0 Å². The van der Waals surface area contributed by atoms with Gasteiger partial charge in [-0.2, -0.15) is 13.2 Å². The Morgan fingerprint density at radius 1 is 1.04 bits per heavy atom. The molecular weight excluding hydrogens is 317 g/mol. The Hall–Kier alpha value is -2.56. The van der Waals surface area contributed by atoms with Crippen molar-refractivity contribution in [2.75, 3.05) is 0 Å². The van der Waals surface area contributed by atoms with E-state index in [0.29, 0.717) is 17.7 Å². The molecule has 0 spiro atoms. The van der Waals surface area contributed by atoms with Crippen molar-refractivity contribution in [1.29, 1.82) is 0 Å². The van der Waals surface area contributed by atoms with Crippen LogP contribution in [0, 0.1) is 0 Å². The number of carbonyl (C=O) groups is 1. The Morgan fingerprint density at radius 3 is 2.12 bits per heavy atom. The Labute approximate surface area is 138 Å². The van der Waals surface area contributed by atoms with Gasteiger partial charge in [0.15, 0.2) is 0 Å². The quantitative estimate of drug-likeness (QED) is 0.414. The first-order valence-corrected chi connectivity index (χ1v) is 7.46. The van der Waals surface area contributed by atoms with Crippen LogP contribution in [0.1, 0.15) is 37.0 Å². The number of allylic oxidation sites excluding steroid dienone is 1. The highest BCUT2D eigenvalue weighted by Gasteiger charge is 2.29. The summed E-state index contributed by atoms with van der Waals surface area (Å²) in [6.45, 7) is 3.58. The molecule has 0 heterocycles. The van der Waals surface area contributed by atoms with Crippen molar-refractivity contribution in [1.82, 2.24) is 0 Å². The minimum Gasteiger partial charge on any atom is -0.427 e. The van der Waals surface area contributed by atoms with Gasteiger partial charge in [0.1, 0.15) is 5.75 Å². The molecule has 0 radical (unpaired) electrons. The first kappa shape index (κ1) is 17.8. The molecule has 2 nitrogen and oxygen atoms in total. The standard InChI is InChI=1S/C19H17F3O2/c1-3-18(23)24-17-10-6-15(7-11-17)13(2)12-14-4-8-16(9-5-14)19(20,21)22/h4-12H,3H2,1-2H3/b13-12+. The zero-order valence-corrected chi connectivity index (χ0v) is 13.4. The maximum Gasteiger partial charge on any atom is 0.416 e. The lowest BCUT2D eigenvalue weighted by molar-refractivity contribution is -0.137. The van der Waals surface area contributed by atoms with E-state index in [1.165, 1.54) is 12.1 Å². The van der Waals surface area contributed by atoms with Crippen molar-refractivity contribution < 1.29 is 22.7 Å². The number of benzene rings is 2. The molecule has 0 aliphatic carbocycles. The summed E-state index contributed by atoms with van der Waals surface area (Å²) in [5, 5.41) is 0. The van der Waals surface area contributed by atoms with Gasteiger partial charge in [0.2, 0.25) is 0 Å². The molecular formula is C19H17F3O2. The second-order valence-corrected chi connectivity index (χ2v) is 5.30. The highest BCUT2D eigenvalue weighted by molar-refractivity contribution is 5.80. The van der Waals surface area contributed by atoms with Gasteiger partial charge in [-0.1, -0.05) is 37.3 Å². The predicted octanol–water partition coefficient (Wildman–Crippen LogP) is 5.58. The molecule has 2 aromatic rings. The fraction of sp³-hybridized carbons (Fsp3) is 0.211. The van der Waals surface area contributed by atoms with Crippen LogP contribution in [0.2, 0.25) is 0 Å². The number of ether oxygens (including phenoxy) is 1. The van der Waals surface area contributed by atoms with Crippen LogP contribution in [0.3, 0.4) is 0 Å². The van der Waals surface area contributed by atoms with Crippen LogP contribution in [0.5, 0.6) is 5.75 Å². The normalized spacial score (nSPS) is 12.1. The minimum atomic E-state index is -4.33. The van der Waals surface area contributed by atoms with Crippen LogP contribution in [-0.4, -0.2) is 5.97 Å². The van der Waals surface area contributed by atoms with E-state index in [-0.39, 0.29) is 5.97 Å². The third-order valence-electron chi connectivity index (χ3n) is 3.45. The largest absolute Gasteiger partial charge is 0.427 e. The lowest BCUT2D eigenvalue weighted by atomic mass is 10.0. The fourth-order valence-electron chi connectivity index (χ4n) is 2.09. The third kappa shape index (κ3) is 4.72. The first-order chi connectivity index (χ1) is 11.3. The Balaban J connectivity index is 2.14. The molecule has 0 aromatic heterocycles. The van der Waals surface area contributed by atoms with Crippen LogP contribution < -0.4 is 4.74 Å². The summed E-state index contributed by atoms with van der Waals surface area (Å²) in [6, 6.07) is 12.0. The fourth-order valence-corrected chi connectivity index (χ4v) is 2.09. The van der Waals surface area contributed by atoms with E-state index >= 15 is 0 Å². The number of esters is 1. The molecule has 0 saturated heterocycles. The summed E-state index contributed by atoms with van der Waals surface area (Å²) < 4.78 is 42.7. The maximum atomic E-state index is 12.5. The summed E-state index contributed by atoms with van der Waals surface area (Å²) in [5.74, 6) is 0.160. The second-order valence-electron chi connectivity index (χ2n) is 5.30.